The van der Waals surface area contributed by atoms with Gasteiger partial charge in [-0.3, -0.25) is 4.79 Å². The van der Waals surface area contributed by atoms with Crippen molar-refractivity contribution >= 4 is 5.91 Å². The summed E-state index contributed by atoms with van der Waals surface area (Å²) in [6.07, 6.45) is -4.40. The van der Waals surface area contributed by atoms with E-state index in [-0.39, 0.29) is 18.0 Å². The molecule has 1 aromatic rings. The van der Waals surface area contributed by atoms with Crippen LogP contribution in [0.5, 0.6) is 0 Å². The van der Waals surface area contributed by atoms with Gasteiger partial charge in [-0.05, 0) is 11.6 Å². The van der Waals surface area contributed by atoms with E-state index in [1.807, 2.05) is 0 Å². The topological polar surface area (TPSA) is 20.3 Å². The van der Waals surface area contributed by atoms with Crippen molar-refractivity contribution in [3.05, 3.63) is 35.4 Å². The van der Waals surface area contributed by atoms with Crippen LogP contribution in [0, 0.1) is 5.41 Å². The van der Waals surface area contributed by atoms with Crippen molar-refractivity contribution in [3.63, 3.8) is 0 Å². The lowest BCUT2D eigenvalue weighted by Crippen LogP contribution is -2.36. The molecule has 0 radical (unpaired) electrons. The van der Waals surface area contributed by atoms with Gasteiger partial charge in [-0.1, -0.05) is 39.0 Å². The summed E-state index contributed by atoms with van der Waals surface area (Å²) >= 11 is 0. The number of hydrogen-bond donors (Lipinski definition) is 0. The molecule has 19 heavy (non-hydrogen) atoms. The van der Waals surface area contributed by atoms with Gasteiger partial charge >= 0.3 is 6.18 Å². The maximum atomic E-state index is 12.8. The zero-order valence-electron chi connectivity index (χ0n) is 11.5. The highest BCUT2D eigenvalue weighted by atomic mass is 19.4. The molecule has 0 saturated heterocycles. The highest BCUT2D eigenvalue weighted by molar-refractivity contribution is 5.81. The van der Waals surface area contributed by atoms with Gasteiger partial charge in [0.15, 0.2) is 0 Å². The molecule has 0 fully saturated rings. The van der Waals surface area contributed by atoms with Crippen molar-refractivity contribution in [1.82, 2.24) is 4.90 Å². The second kappa shape index (κ2) is 5.23. The van der Waals surface area contributed by atoms with Crippen LogP contribution in [-0.2, 0) is 17.5 Å². The number of nitrogens with zero attached hydrogens (tertiary/aromatic N) is 1. The molecule has 1 aromatic carbocycles. The Hall–Kier alpha value is -1.52. The van der Waals surface area contributed by atoms with E-state index < -0.39 is 17.2 Å². The van der Waals surface area contributed by atoms with Gasteiger partial charge in [0.2, 0.25) is 5.91 Å². The first kappa shape index (κ1) is 15.5. The molecular formula is C14H18F3NO. The molecule has 0 aromatic heterocycles. The Morgan fingerprint density at radius 1 is 1.16 bits per heavy atom. The Kier molecular flexibility index (Phi) is 4.28. The molecule has 5 heteroatoms. The standard InChI is InChI=1S/C14H18F3NO/c1-13(2,3)12(19)18(4)9-10-7-5-6-8-11(10)14(15,16)17/h5-8H,9H2,1-4H3. The van der Waals surface area contributed by atoms with Crippen LogP contribution in [-0.4, -0.2) is 17.9 Å². The van der Waals surface area contributed by atoms with Crippen molar-refractivity contribution in [2.24, 2.45) is 5.41 Å². The molecule has 0 aliphatic heterocycles. The Labute approximate surface area is 111 Å². The van der Waals surface area contributed by atoms with Crippen molar-refractivity contribution in [3.8, 4) is 0 Å². The van der Waals surface area contributed by atoms with Gasteiger partial charge in [-0.2, -0.15) is 13.2 Å². The molecule has 0 atom stereocenters. The molecule has 0 spiro atoms. The summed E-state index contributed by atoms with van der Waals surface area (Å²) in [5, 5.41) is 0. The van der Waals surface area contributed by atoms with Crippen LogP contribution in [0.1, 0.15) is 31.9 Å². The minimum absolute atomic E-state index is 0.0498. The smallest absolute Gasteiger partial charge is 0.341 e. The molecule has 1 rings (SSSR count). The summed E-state index contributed by atoms with van der Waals surface area (Å²) in [7, 11) is 1.51. The molecule has 0 saturated carbocycles. The first-order valence-electron chi connectivity index (χ1n) is 5.94. The number of halogens is 3. The van der Waals surface area contributed by atoms with Crippen LogP contribution in [0.25, 0.3) is 0 Å². The Morgan fingerprint density at radius 2 is 1.68 bits per heavy atom. The highest BCUT2D eigenvalue weighted by Gasteiger charge is 2.34. The number of rotatable bonds is 2. The monoisotopic (exact) mass is 273 g/mol. The van der Waals surface area contributed by atoms with Crippen LogP contribution in [0.4, 0.5) is 13.2 Å². The SMILES string of the molecule is CN(Cc1ccccc1C(F)(F)F)C(=O)C(C)(C)C. The summed E-state index contributed by atoms with van der Waals surface area (Å²) in [6, 6.07) is 5.32. The van der Waals surface area contributed by atoms with E-state index in [2.05, 4.69) is 0 Å². The van der Waals surface area contributed by atoms with E-state index in [0.29, 0.717) is 0 Å². The van der Waals surface area contributed by atoms with Crippen molar-refractivity contribution < 1.29 is 18.0 Å². The largest absolute Gasteiger partial charge is 0.416 e. The minimum atomic E-state index is -4.40. The average molecular weight is 273 g/mol. The molecule has 1 amide bonds. The molecular weight excluding hydrogens is 255 g/mol. The number of alkyl halides is 3. The second-order valence-electron chi connectivity index (χ2n) is 5.57. The quantitative estimate of drug-likeness (QED) is 0.804. The lowest BCUT2D eigenvalue weighted by Gasteiger charge is -2.27. The maximum Gasteiger partial charge on any atom is 0.416 e. The zero-order chi connectivity index (χ0) is 14.8. The van der Waals surface area contributed by atoms with Gasteiger partial charge in [0.1, 0.15) is 0 Å². The van der Waals surface area contributed by atoms with Crippen LogP contribution in [0.2, 0.25) is 0 Å². The van der Waals surface area contributed by atoms with E-state index in [1.54, 1.807) is 26.8 Å². The average Bonchev–Trinajstić information content (AvgIpc) is 2.26. The molecule has 0 aliphatic carbocycles. The Morgan fingerprint density at radius 3 is 2.16 bits per heavy atom. The van der Waals surface area contributed by atoms with Crippen LogP contribution in [0.3, 0.4) is 0 Å². The predicted molar refractivity (Wildman–Crippen MR) is 67.4 cm³/mol. The van der Waals surface area contributed by atoms with E-state index in [0.717, 1.165) is 6.07 Å². The van der Waals surface area contributed by atoms with Gasteiger partial charge in [0, 0.05) is 19.0 Å². The van der Waals surface area contributed by atoms with Gasteiger partial charge in [0.25, 0.3) is 0 Å². The third kappa shape index (κ3) is 3.98. The van der Waals surface area contributed by atoms with E-state index in [4.69, 9.17) is 0 Å². The molecule has 0 unspecified atom stereocenters. The molecule has 0 N–H and O–H groups in total. The van der Waals surface area contributed by atoms with E-state index in [9.17, 15) is 18.0 Å². The molecule has 106 valence electrons. The van der Waals surface area contributed by atoms with Gasteiger partial charge in [-0.15, -0.1) is 0 Å². The lowest BCUT2D eigenvalue weighted by molar-refractivity contribution is -0.142. The van der Waals surface area contributed by atoms with Crippen LogP contribution >= 0.6 is 0 Å². The number of amides is 1. The predicted octanol–water partition coefficient (Wildman–Crippen LogP) is 3.71. The summed E-state index contributed by atoms with van der Waals surface area (Å²) in [6.45, 7) is 5.16. The molecule has 0 heterocycles. The number of benzene rings is 1. The Balaban J connectivity index is 2.98. The molecule has 0 bridgehead atoms. The first-order valence-corrected chi connectivity index (χ1v) is 5.94. The molecule has 0 aliphatic rings. The first-order chi connectivity index (χ1) is 8.53. The van der Waals surface area contributed by atoms with Crippen molar-refractivity contribution in [2.45, 2.75) is 33.5 Å². The third-order valence-electron chi connectivity index (χ3n) is 2.72. The number of carbonyl (C=O) groups excluding carboxylic acids is 1. The number of carbonyl (C=O) groups is 1. The minimum Gasteiger partial charge on any atom is -0.341 e. The fraction of sp³-hybridized carbons (Fsp3) is 0.500. The van der Waals surface area contributed by atoms with Gasteiger partial charge < -0.3 is 4.90 Å². The van der Waals surface area contributed by atoms with E-state index >= 15 is 0 Å². The summed E-state index contributed by atoms with van der Waals surface area (Å²) in [5.74, 6) is -0.190. The summed E-state index contributed by atoms with van der Waals surface area (Å²) < 4.78 is 38.5. The molecule has 2 nitrogen and oxygen atoms in total. The maximum absolute atomic E-state index is 12.8. The van der Waals surface area contributed by atoms with Gasteiger partial charge in [0.05, 0.1) is 5.56 Å². The van der Waals surface area contributed by atoms with E-state index in [1.165, 1.54) is 24.1 Å². The zero-order valence-corrected chi connectivity index (χ0v) is 11.5. The third-order valence-corrected chi connectivity index (χ3v) is 2.72. The number of hydrogen-bond acceptors (Lipinski definition) is 1. The lowest BCUT2D eigenvalue weighted by atomic mass is 9.94. The highest BCUT2D eigenvalue weighted by Crippen LogP contribution is 2.32. The Bertz CT molecular complexity index is 460. The van der Waals surface area contributed by atoms with Gasteiger partial charge in [-0.25, -0.2) is 0 Å². The van der Waals surface area contributed by atoms with Crippen molar-refractivity contribution in [1.29, 1.82) is 0 Å². The van der Waals surface area contributed by atoms with Crippen LogP contribution < -0.4 is 0 Å². The summed E-state index contributed by atoms with van der Waals surface area (Å²) in [4.78, 5) is 13.3. The van der Waals surface area contributed by atoms with Crippen molar-refractivity contribution in [2.75, 3.05) is 7.05 Å². The normalized spacial score (nSPS) is 12.4. The fourth-order valence-electron chi connectivity index (χ4n) is 1.83. The summed E-state index contributed by atoms with van der Waals surface area (Å²) in [5.41, 5.74) is -1.19. The fourth-order valence-corrected chi connectivity index (χ4v) is 1.83. The second-order valence-corrected chi connectivity index (χ2v) is 5.57. The van der Waals surface area contributed by atoms with Crippen LogP contribution in [0.15, 0.2) is 24.3 Å².